The van der Waals surface area contributed by atoms with E-state index >= 15 is 0 Å². The van der Waals surface area contributed by atoms with Gasteiger partial charge in [0.25, 0.3) is 0 Å². The molecule has 1 aliphatic heterocycles. The zero-order chi connectivity index (χ0) is 13.1. The first kappa shape index (κ1) is 13.3. The van der Waals surface area contributed by atoms with Crippen molar-refractivity contribution in [2.24, 2.45) is 11.7 Å². The maximum Gasteiger partial charge on any atom is 0.146 e. The Kier molecular flexibility index (Phi) is 4.19. The van der Waals surface area contributed by atoms with E-state index < -0.39 is 0 Å². The minimum atomic E-state index is -0.202. The van der Waals surface area contributed by atoms with E-state index in [0.717, 1.165) is 31.5 Å². The fourth-order valence-corrected chi connectivity index (χ4v) is 2.57. The van der Waals surface area contributed by atoms with E-state index in [1.54, 1.807) is 6.07 Å². The number of halogens is 1. The van der Waals surface area contributed by atoms with Crippen LogP contribution in [-0.2, 0) is 0 Å². The quantitative estimate of drug-likeness (QED) is 0.865. The maximum atomic E-state index is 14.0. The molecule has 0 amide bonds. The molecule has 2 rings (SSSR count). The molecule has 0 aliphatic carbocycles. The van der Waals surface area contributed by atoms with Gasteiger partial charge in [-0.05, 0) is 37.3 Å². The molecule has 1 aromatic carbocycles. The Morgan fingerprint density at radius 3 is 2.67 bits per heavy atom. The molecule has 0 bridgehead atoms. The zero-order valence-electron chi connectivity index (χ0n) is 10.8. The van der Waals surface area contributed by atoms with Gasteiger partial charge in [0.1, 0.15) is 5.82 Å². The summed E-state index contributed by atoms with van der Waals surface area (Å²) in [6.45, 7) is 3.67. The van der Waals surface area contributed by atoms with Crippen LogP contribution in [0, 0.1) is 11.7 Å². The third kappa shape index (κ3) is 2.65. The zero-order valence-corrected chi connectivity index (χ0v) is 10.8. The van der Waals surface area contributed by atoms with Crippen molar-refractivity contribution in [1.29, 1.82) is 0 Å². The highest BCUT2D eigenvalue weighted by atomic mass is 19.1. The molecule has 0 radical (unpaired) electrons. The monoisotopic (exact) mass is 252 g/mol. The summed E-state index contributed by atoms with van der Waals surface area (Å²) < 4.78 is 14.0. The van der Waals surface area contributed by atoms with Crippen molar-refractivity contribution in [1.82, 2.24) is 0 Å². The standard InChI is InChI=1S/C14H21FN2O/c1-10(16)12-3-2-4-13(15)14(12)17-7-5-11(9-18)6-8-17/h2-4,10-11,18H,5-9,16H2,1H3/t10-/m1/s1. The van der Waals surface area contributed by atoms with Crippen molar-refractivity contribution in [3.63, 3.8) is 0 Å². The van der Waals surface area contributed by atoms with Gasteiger partial charge in [0.2, 0.25) is 0 Å². The maximum absolute atomic E-state index is 14.0. The molecular formula is C14H21FN2O. The molecule has 1 fully saturated rings. The third-order valence-electron chi connectivity index (χ3n) is 3.70. The summed E-state index contributed by atoms with van der Waals surface area (Å²) in [6, 6.07) is 4.91. The molecule has 0 saturated carbocycles. The predicted molar refractivity (Wildman–Crippen MR) is 71.0 cm³/mol. The number of aliphatic hydroxyl groups is 1. The van der Waals surface area contributed by atoms with Gasteiger partial charge < -0.3 is 15.7 Å². The molecule has 3 N–H and O–H groups in total. The van der Waals surface area contributed by atoms with Gasteiger partial charge in [-0.1, -0.05) is 12.1 Å². The molecule has 1 aromatic rings. The molecule has 1 aliphatic rings. The van der Waals surface area contributed by atoms with Gasteiger partial charge in [-0.15, -0.1) is 0 Å². The molecule has 3 nitrogen and oxygen atoms in total. The molecule has 0 unspecified atom stereocenters. The van der Waals surface area contributed by atoms with E-state index in [9.17, 15) is 4.39 Å². The lowest BCUT2D eigenvalue weighted by molar-refractivity contribution is 0.202. The number of piperidine rings is 1. The van der Waals surface area contributed by atoms with E-state index in [1.165, 1.54) is 6.07 Å². The smallest absolute Gasteiger partial charge is 0.146 e. The van der Waals surface area contributed by atoms with Crippen molar-refractivity contribution in [3.8, 4) is 0 Å². The highest BCUT2D eigenvalue weighted by molar-refractivity contribution is 5.56. The number of nitrogens with two attached hydrogens (primary N) is 1. The largest absolute Gasteiger partial charge is 0.396 e. The number of nitrogens with zero attached hydrogens (tertiary/aromatic N) is 1. The SMILES string of the molecule is C[C@@H](N)c1cccc(F)c1N1CCC(CO)CC1. The minimum Gasteiger partial charge on any atom is -0.396 e. The normalized spacial score (nSPS) is 19.0. The molecule has 1 atom stereocenters. The number of aliphatic hydroxyl groups excluding tert-OH is 1. The molecule has 1 saturated heterocycles. The minimum absolute atomic E-state index is 0.175. The molecule has 1 heterocycles. The van der Waals surface area contributed by atoms with Crippen molar-refractivity contribution in [2.75, 3.05) is 24.6 Å². The molecule has 0 spiro atoms. The Balaban J connectivity index is 2.23. The van der Waals surface area contributed by atoms with Crippen molar-refractivity contribution < 1.29 is 9.50 Å². The number of anilines is 1. The first-order chi connectivity index (χ1) is 8.63. The second-order valence-corrected chi connectivity index (χ2v) is 5.08. The van der Waals surface area contributed by atoms with E-state index in [1.807, 2.05) is 13.0 Å². The highest BCUT2D eigenvalue weighted by Crippen LogP contribution is 2.31. The lowest BCUT2D eigenvalue weighted by Crippen LogP contribution is -2.36. The number of hydrogen-bond acceptors (Lipinski definition) is 3. The lowest BCUT2D eigenvalue weighted by Gasteiger charge is -2.34. The van der Waals surface area contributed by atoms with E-state index in [-0.39, 0.29) is 18.5 Å². The van der Waals surface area contributed by atoms with Gasteiger partial charge in [0.05, 0.1) is 5.69 Å². The molecule has 18 heavy (non-hydrogen) atoms. The van der Waals surface area contributed by atoms with Crippen LogP contribution >= 0.6 is 0 Å². The fourth-order valence-electron chi connectivity index (χ4n) is 2.57. The van der Waals surface area contributed by atoms with E-state index in [4.69, 9.17) is 10.8 Å². The average molecular weight is 252 g/mol. The Labute approximate surface area is 107 Å². The summed E-state index contributed by atoms with van der Waals surface area (Å²) in [6.07, 6.45) is 1.81. The number of para-hydroxylation sites is 1. The molecular weight excluding hydrogens is 231 g/mol. The van der Waals surface area contributed by atoms with Crippen LogP contribution in [0.5, 0.6) is 0 Å². The van der Waals surface area contributed by atoms with Gasteiger partial charge in [0.15, 0.2) is 0 Å². The second kappa shape index (κ2) is 5.67. The summed E-state index contributed by atoms with van der Waals surface area (Å²) in [5, 5.41) is 9.13. The Morgan fingerprint density at radius 2 is 2.11 bits per heavy atom. The predicted octanol–water partition coefficient (Wildman–Crippen LogP) is 2.05. The van der Waals surface area contributed by atoms with Gasteiger partial charge in [-0.3, -0.25) is 0 Å². The van der Waals surface area contributed by atoms with Crippen LogP contribution in [0.1, 0.15) is 31.4 Å². The van der Waals surface area contributed by atoms with E-state index in [0.29, 0.717) is 11.6 Å². The van der Waals surface area contributed by atoms with Crippen molar-refractivity contribution in [2.45, 2.75) is 25.8 Å². The summed E-state index contributed by atoms with van der Waals surface area (Å²) in [5.74, 6) is 0.152. The molecule has 0 aromatic heterocycles. The molecule has 100 valence electrons. The van der Waals surface area contributed by atoms with Crippen LogP contribution in [0.4, 0.5) is 10.1 Å². The van der Waals surface area contributed by atoms with Crippen LogP contribution < -0.4 is 10.6 Å². The van der Waals surface area contributed by atoms with Crippen LogP contribution in [0.3, 0.4) is 0 Å². The number of rotatable bonds is 3. The number of hydrogen-bond donors (Lipinski definition) is 2. The van der Waals surface area contributed by atoms with E-state index in [2.05, 4.69) is 4.90 Å². The first-order valence-corrected chi connectivity index (χ1v) is 6.53. The summed E-state index contributed by atoms with van der Waals surface area (Å²) >= 11 is 0. The average Bonchev–Trinajstić information content (AvgIpc) is 2.38. The summed E-state index contributed by atoms with van der Waals surface area (Å²) in [7, 11) is 0. The summed E-state index contributed by atoms with van der Waals surface area (Å²) in [5.41, 5.74) is 7.41. The third-order valence-corrected chi connectivity index (χ3v) is 3.70. The van der Waals surface area contributed by atoms with Crippen LogP contribution in [0.2, 0.25) is 0 Å². The Hall–Kier alpha value is -1.13. The summed E-state index contributed by atoms with van der Waals surface area (Å²) in [4.78, 5) is 2.06. The van der Waals surface area contributed by atoms with Gasteiger partial charge in [0, 0.05) is 25.7 Å². The van der Waals surface area contributed by atoms with Gasteiger partial charge in [-0.25, -0.2) is 4.39 Å². The second-order valence-electron chi connectivity index (χ2n) is 5.08. The van der Waals surface area contributed by atoms with Gasteiger partial charge >= 0.3 is 0 Å². The van der Waals surface area contributed by atoms with Crippen LogP contribution in [-0.4, -0.2) is 24.8 Å². The first-order valence-electron chi connectivity index (χ1n) is 6.53. The van der Waals surface area contributed by atoms with Crippen LogP contribution in [0.25, 0.3) is 0 Å². The Morgan fingerprint density at radius 1 is 1.44 bits per heavy atom. The number of benzene rings is 1. The van der Waals surface area contributed by atoms with Crippen molar-refractivity contribution in [3.05, 3.63) is 29.6 Å². The fraction of sp³-hybridized carbons (Fsp3) is 0.571. The van der Waals surface area contributed by atoms with Gasteiger partial charge in [-0.2, -0.15) is 0 Å². The molecule has 4 heteroatoms. The van der Waals surface area contributed by atoms with Crippen LogP contribution in [0.15, 0.2) is 18.2 Å². The highest BCUT2D eigenvalue weighted by Gasteiger charge is 2.23. The van der Waals surface area contributed by atoms with Crippen molar-refractivity contribution >= 4 is 5.69 Å². The Bertz CT molecular complexity index is 401. The lowest BCUT2D eigenvalue weighted by atomic mass is 9.96. The topological polar surface area (TPSA) is 49.5 Å².